The van der Waals surface area contributed by atoms with Gasteiger partial charge in [0.2, 0.25) is 5.91 Å². The van der Waals surface area contributed by atoms with Crippen molar-refractivity contribution in [3.63, 3.8) is 0 Å². The number of nitrogens with zero attached hydrogens (tertiary/aromatic N) is 2. The predicted octanol–water partition coefficient (Wildman–Crippen LogP) is 3.71. The van der Waals surface area contributed by atoms with Crippen molar-refractivity contribution in [2.75, 3.05) is 6.54 Å². The quantitative estimate of drug-likeness (QED) is 0.495. The maximum atomic E-state index is 13.5. The lowest BCUT2D eigenvalue weighted by Gasteiger charge is -2.16. The van der Waals surface area contributed by atoms with Gasteiger partial charge in [-0.2, -0.15) is 0 Å². The summed E-state index contributed by atoms with van der Waals surface area (Å²) < 4.78 is 1.73. The molecule has 2 aromatic rings. The normalized spacial score (nSPS) is 14.6. The Bertz CT molecular complexity index is 996. The van der Waals surface area contributed by atoms with E-state index in [1.54, 1.807) is 29.8 Å². The minimum Gasteiger partial charge on any atom is -0.338 e. The molecule has 0 fully saturated rings. The molecular formula is C21H30N4O3S2. The highest BCUT2D eigenvalue weighted by atomic mass is 32.2. The number of thioether (sulfide) groups is 1. The van der Waals surface area contributed by atoms with E-state index in [-0.39, 0.29) is 5.56 Å². The average molecular weight is 451 g/mol. The third kappa shape index (κ3) is 5.06. The van der Waals surface area contributed by atoms with Gasteiger partial charge in [-0.25, -0.2) is 9.78 Å². The summed E-state index contributed by atoms with van der Waals surface area (Å²) in [7, 11) is 0. The third-order valence-electron chi connectivity index (χ3n) is 5.20. The molecule has 2 heterocycles. The Morgan fingerprint density at radius 2 is 1.97 bits per heavy atom. The second-order valence-electron chi connectivity index (χ2n) is 8.03. The number of carbonyl (C=O) groups is 2. The molecule has 30 heavy (non-hydrogen) atoms. The van der Waals surface area contributed by atoms with Crippen LogP contribution in [0.15, 0.2) is 9.95 Å². The van der Waals surface area contributed by atoms with E-state index in [0.717, 1.165) is 42.3 Å². The number of fused-ring (bicyclic) bond motifs is 3. The summed E-state index contributed by atoms with van der Waals surface area (Å²) in [6.07, 6.45) is 5.06. The van der Waals surface area contributed by atoms with Crippen LogP contribution in [-0.2, 0) is 24.2 Å². The smallest absolute Gasteiger partial charge is 0.321 e. The zero-order valence-electron chi connectivity index (χ0n) is 18.0. The van der Waals surface area contributed by atoms with Crippen molar-refractivity contribution >= 4 is 45.3 Å². The number of nitrogens with one attached hydrogen (secondary N) is 2. The Hall–Kier alpha value is -1.87. The van der Waals surface area contributed by atoms with Gasteiger partial charge in [-0.05, 0) is 57.4 Å². The van der Waals surface area contributed by atoms with Crippen LogP contribution in [0.4, 0.5) is 4.79 Å². The van der Waals surface area contributed by atoms with E-state index in [1.165, 1.54) is 22.2 Å². The molecule has 3 amide bonds. The molecule has 0 saturated carbocycles. The first-order valence-corrected chi connectivity index (χ1v) is 12.3. The number of aromatic nitrogens is 2. The minimum absolute atomic E-state index is 0.00103. The van der Waals surface area contributed by atoms with Crippen LogP contribution in [0, 0.1) is 5.92 Å². The molecule has 1 aliphatic carbocycles. The molecule has 0 bridgehead atoms. The van der Waals surface area contributed by atoms with E-state index in [0.29, 0.717) is 24.2 Å². The van der Waals surface area contributed by atoms with E-state index in [1.807, 2.05) is 0 Å². The molecule has 2 aromatic heterocycles. The number of aryl methyl sites for hydroxylation is 2. The van der Waals surface area contributed by atoms with E-state index < -0.39 is 17.2 Å². The molecule has 1 atom stereocenters. The molecule has 9 heteroatoms. The zero-order chi connectivity index (χ0) is 21.8. The van der Waals surface area contributed by atoms with Gasteiger partial charge >= 0.3 is 6.03 Å². The van der Waals surface area contributed by atoms with E-state index in [4.69, 9.17) is 4.98 Å². The largest absolute Gasteiger partial charge is 0.338 e. The van der Waals surface area contributed by atoms with Gasteiger partial charge in [0.15, 0.2) is 5.16 Å². The van der Waals surface area contributed by atoms with Gasteiger partial charge in [0, 0.05) is 18.0 Å². The molecule has 0 spiro atoms. The van der Waals surface area contributed by atoms with Crippen LogP contribution in [0.2, 0.25) is 0 Å². The van der Waals surface area contributed by atoms with E-state index in [9.17, 15) is 14.4 Å². The lowest BCUT2D eigenvalue weighted by Crippen LogP contribution is -2.42. The number of urea groups is 1. The van der Waals surface area contributed by atoms with Gasteiger partial charge in [0.25, 0.3) is 5.56 Å². The van der Waals surface area contributed by atoms with Crippen LogP contribution in [0.5, 0.6) is 0 Å². The molecule has 1 unspecified atom stereocenters. The molecule has 0 saturated heterocycles. The van der Waals surface area contributed by atoms with E-state index >= 15 is 0 Å². The second kappa shape index (κ2) is 9.96. The van der Waals surface area contributed by atoms with Crippen molar-refractivity contribution in [2.45, 2.75) is 76.8 Å². The summed E-state index contributed by atoms with van der Waals surface area (Å²) in [6.45, 7) is 8.77. The fraction of sp³-hybridized carbons (Fsp3) is 0.619. The number of hydrogen-bond acceptors (Lipinski definition) is 6. The van der Waals surface area contributed by atoms with E-state index in [2.05, 4.69) is 24.5 Å². The van der Waals surface area contributed by atoms with Crippen molar-refractivity contribution < 1.29 is 9.59 Å². The van der Waals surface area contributed by atoms with Gasteiger partial charge in [0.1, 0.15) is 4.83 Å². The monoisotopic (exact) mass is 450 g/mol. The summed E-state index contributed by atoms with van der Waals surface area (Å²) in [5.74, 6) is 0.0430. The third-order valence-corrected chi connectivity index (χ3v) is 7.47. The summed E-state index contributed by atoms with van der Waals surface area (Å²) in [5, 5.41) is 5.64. The highest BCUT2D eigenvalue weighted by Crippen LogP contribution is 2.35. The van der Waals surface area contributed by atoms with Gasteiger partial charge in [-0.1, -0.05) is 25.6 Å². The second-order valence-corrected chi connectivity index (χ2v) is 10.4. The van der Waals surface area contributed by atoms with Crippen molar-refractivity contribution in [1.29, 1.82) is 0 Å². The summed E-state index contributed by atoms with van der Waals surface area (Å²) >= 11 is 2.84. The Labute approximate surface area is 185 Å². The topological polar surface area (TPSA) is 93.1 Å². The number of thiophene rings is 1. The lowest BCUT2D eigenvalue weighted by molar-refractivity contribution is -0.119. The highest BCUT2D eigenvalue weighted by Gasteiger charge is 2.25. The molecule has 3 rings (SSSR count). The Kier molecular flexibility index (Phi) is 7.57. The first-order valence-electron chi connectivity index (χ1n) is 10.6. The van der Waals surface area contributed by atoms with Crippen molar-refractivity contribution in [2.24, 2.45) is 5.92 Å². The molecule has 1 aliphatic rings. The number of rotatable bonds is 7. The first kappa shape index (κ1) is 22.8. The SMILES string of the molecule is CCNC(=O)NC(=O)C(C)Sc1nc2sc3c(c2c(=O)n1CCC(C)C)CCCC3. The van der Waals surface area contributed by atoms with Gasteiger partial charge < -0.3 is 5.32 Å². The molecular weight excluding hydrogens is 420 g/mol. The Morgan fingerprint density at radius 1 is 1.23 bits per heavy atom. The van der Waals surface area contributed by atoms with Crippen LogP contribution in [0.25, 0.3) is 10.2 Å². The maximum Gasteiger partial charge on any atom is 0.321 e. The number of amides is 3. The van der Waals surface area contributed by atoms with Gasteiger partial charge in [-0.3, -0.25) is 19.5 Å². The van der Waals surface area contributed by atoms with Crippen molar-refractivity contribution in [1.82, 2.24) is 20.2 Å². The molecule has 0 radical (unpaired) electrons. The lowest BCUT2D eigenvalue weighted by atomic mass is 9.97. The number of imide groups is 1. The average Bonchev–Trinajstić information content (AvgIpc) is 3.05. The van der Waals surface area contributed by atoms with Crippen LogP contribution in [-0.4, -0.2) is 33.3 Å². The molecule has 164 valence electrons. The number of carbonyl (C=O) groups excluding carboxylic acids is 2. The Balaban J connectivity index is 1.95. The fourth-order valence-electron chi connectivity index (χ4n) is 3.52. The van der Waals surface area contributed by atoms with Gasteiger partial charge in [0.05, 0.1) is 10.6 Å². The molecule has 0 aromatic carbocycles. The Morgan fingerprint density at radius 3 is 2.67 bits per heavy atom. The molecule has 2 N–H and O–H groups in total. The summed E-state index contributed by atoms with van der Waals surface area (Å²) in [5.41, 5.74) is 1.18. The van der Waals surface area contributed by atoms with Crippen LogP contribution < -0.4 is 16.2 Å². The van der Waals surface area contributed by atoms with Crippen molar-refractivity contribution in [3.8, 4) is 0 Å². The maximum absolute atomic E-state index is 13.5. The standard InChI is InChI=1S/C21H30N4O3S2/c1-5-22-20(28)23-17(26)13(4)29-21-24-18-16(14-8-6-7-9-15(14)30-18)19(27)25(21)11-10-12(2)3/h12-13H,5-11H2,1-4H3,(H2,22,23,26,28). The highest BCUT2D eigenvalue weighted by molar-refractivity contribution is 8.00. The molecule has 7 nitrogen and oxygen atoms in total. The van der Waals surface area contributed by atoms with Crippen LogP contribution in [0.1, 0.15) is 57.4 Å². The predicted molar refractivity (Wildman–Crippen MR) is 123 cm³/mol. The molecule has 0 aliphatic heterocycles. The van der Waals surface area contributed by atoms with Crippen LogP contribution in [0.3, 0.4) is 0 Å². The minimum atomic E-state index is -0.558. The summed E-state index contributed by atoms with van der Waals surface area (Å²) in [4.78, 5) is 44.4. The fourth-order valence-corrected chi connectivity index (χ4v) is 5.76. The van der Waals surface area contributed by atoms with Crippen LogP contribution >= 0.6 is 23.1 Å². The van der Waals surface area contributed by atoms with Crippen molar-refractivity contribution in [3.05, 3.63) is 20.8 Å². The number of hydrogen-bond donors (Lipinski definition) is 2. The summed E-state index contributed by atoms with van der Waals surface area (Å²) in [6, 6.07) is -0.513. The zero-order valence-corrected chi connectivity index (χ0v) is 19.7. The first-order chi connectivity index (χ1) is 14.3. The van der Waals surface area contributed by atoms with Gasteiger partial charge in [-0.15, -0.1) is 11.3 Å².